The first-order valence-electron chi connectivity index (χ1n) is 12.0. The van der Waals surface area contributed by atoms with E-state index in [0.29, 0.717) is 0 Å². The van der Waals surface area contributed by atoms with Crippen molar-refractivity contribution in [3.05, 3.63) is 47.0 Å². The number of rotatable bonds is 9. The molecule has 150 valence electrons. The fourth-order valence-corrected chi connectivity index (χ4v) is 5.43. The van der Waals surface area contributed by atoms with Gasteiger partial charge in [-0.2, -0.15) is 0 Å². The third-order valence-corrected chi connectivity index (χ3v) is 7.42. The molecule has 0 spiro atoms. The maximum atomic E-state index is 2.62. The summed E-state index contributed by atoms with van der Waals surface area (Å²) < 4.78 is 0. The van der Waals surface area contributed by atoms with Crippen molar-refractivity contribution in [2.45, 2.75) is 104 Å². The van der Waals surface area contributed by atoms with E-state index in [4.69, 9.17) is 0 Å². The molecule has 0 aromatic heterocycles. The number of hydrogen-bond acceptors (Lipinski definition) is 0. The van der Waals surface area contributed by atoms with Gasteiger partial charge in [0.2, 0.25) is 0 Å². The average Bonchev–Trinajstić information content (AvgIpc) is 2.72. The van der Waals surface area contributed by atoms with Gasteiger partial charge in [-0.3, -0.25) is 0 Å². The van der Waals surface area contributed by atoms with Crippen LogP contribution in [0.5, 0.6) is 0 Å². The van der Waals surface area contributed by atoms with Crippen LogP contribution in [0.3, 0.4) is 0 Å². The SMILES string of the molecule is CCCCCCC1CCC(C2CC=C(CCc3ccc(C)cc3)CC2)CC1. The van der Waals surface area contributed by atoms with E-state index in [9.17, 15) is 0 Å². The molecule has 0 heteroatoms. The molecule has 27 heavy (non-hydrogen) atoms. The van der Waals surface area contributed by atoms with E-state index in [-0.39, 0.29) is 0 Å². The van der Waals surface area contributed by atoms with Gasteiger partial charge in [0.25, 0.3) is 0 Å². The topological polar surface area (TPSA) is 0 Å². The van der Waals surface area contributed by atoms with E-state index in [2.05, 4.69) is 44.2 Å². The highest BCUT2D eigenvalue weighted by atomic mass is 14.3. The molecule has 0 radical (unpaired) electrons. The molecule has 0 N–H and O–H groups in total. The average molecular weight is 367 g/mol. The van der Waals surface area contributed by atoms with Crippen LogP contribution in [-0.2, 0) is 6.42 Å². The molecular formula is C27H42. The summed E-state index contributed by atoms with van der Waals surface area (Å²) in [6.45, 7) is 4.49. The first-order valence-corrected chi connectivity index (χ1v) is 12.0. The van der Waals surface area contributed by atoms with Gasteiger partial charge < -0.3 is 0 Å². The van der Waals surface area contributed by atoms with Crippen LogP contribution in [0.15, 0.2) is 35.9 Å². The van der Waals surface area contributed by atoms with Crippen molar-refractivity contribution in [3.8, 4) is 0 Å². The first kappa shape index (κ1) is 20.7. The van der Waals surface area contributed by atoms with E-state index < -0.39 is 0 Å². The van der Waals surface area contributed by atoms with Crippen molar-refractivity contribution in [1.82, 2.24) is 0 Å². The summed E-state index contributed by atoms with van der Waals surface area (Å²) in [5, 5.41) is 0. The zero-order chi connectivity index (χ0) is 18.9. The summed E-state index contributed by atoms with van der Waals surface area (Å²) in [7, 11) is 0. The van der Waals surface area contributed by atoms with Crippen molar-refractivity contribution in [2.75, 3.05) is 0 Å². The Morgan fingerprint density at radius 2 is 1.59 bits per heavy atom. The van der Waals surface area contributed by atoms with Crippen LogP contribution in [0.25, 0.3) is 0 Å². The Hall–Kier alpha value is -1.04. The third kappa shape index (κ3) is 6.81. The molecule has 1 aromatic rings. The number of allylic oxidation sites excluding steroid dienone is 2. The summed E-state index contributed by atoms with van der Waals surface area (Å²) in [6.07, 6.45) is 22.7. The Morgan fingerprint density at radius 3 is 2.26 bits per heavy atom. The summed E-state index contributed by atoms with van der Waals surface area (Å²) >= 11 is 0. The Labute approximate surface area is 168 Å². The molecule has 0 nitrogen and oxygen atoms in total. The number of benzene rings is 1. The lowest BCUT2D eigenvalue weighted by molar-refractivity contribution is 0.185. The monoisotopic (exact) mass is 366 g/mol. The molecule has 3 rings (SSSR count). The minimum atomic E-state index is 0.995. The Morgan fingerprint density at radius 1 is 0.815 bits per heavy atom. The normalized spacial score (nSPS) is 26.0. The van der Waals surface area contributed by atoms with Crippen LogP contribution in [0.4, 0.5) is 0 Å². The van der Waals surface area contributed by atoms with Crippen molar-refractivity contribution in [1.29, 1.82) is 0 Å². The summed E-state index contributed by atoms with van der Waals surface area (Å²) in [4.78, 5) is 0. The van der Waals surface area contributed by atoms with Gasteiger partial charge in [0.05, 0.1) is 0 Å². The van der Waals surface area contributed by atoms with Crippen LogP contribution in [0.1, 0.15) is 102 Å². The largest absolute Gasteiger partial charge is 0.0850 e. The third-order valence-electron chi connectivity index (χ3n) is 7.42. The molecule has 0 aliphatic heterocycles. The van der Waals surface area contributed by atoms with E-state index in [0.717, 1.165) is 17.8 Å². The van der Waals surface area contributed by atoms with Crippen LogP contribution in [0.2, 0.25) is 0 Å². The molecule has 1 atom stereocenters. The smallest absolute Gasteiger partial charge is 0.0241 e. The fourth-order valence-electron chi connectivity index (χ4n) is 5.43. The molecule has 0 heterocycles. The summed E-state index contributed by atoms with van der Waals surface area (Å²) in [5.41, 5.74) is 4.60. The highest BCUT2D eigenvalue weighted by Crippen LogP contribution is 2.41. The van der Waals surface area contributed by atoms with Gasteiger partial charge in [-0.25, -0.2) is 0 Å². The Kier molecular flexibility index (Phi) is 8.49. The molecule has 1 saturated carbocycles. The molecule has 0 bridgehead atoms. The van der Waals surface area contributed by atoms with Gasteiger partial charge >= 0.3 is 0 Å². The van der Waals surface area contributed by atoms with Crippen LogP contribution < -0.4 is 0 Å². The zero-order valence-corrected chi connectivity index (χ0v) is 18.0. The number of aryl methyl sites for hydroxylation is 2. The Balaban J connectivity index is 1.34. The Bertz CT molecular complexity index is 556. The van der Waals surface area contributed by atoms with E-state index in [1.54, 1.807) is 5.57 Å². The minimum Gasteiger partial charge on any atom is -0.0850 e. The second-order valence-corrected chi connectivity index (χ2v) is 9.51. The molecule has 0 saturated heterocycles. The quantitative estimate of drug-likeness (QED) is 0.304. The summed E-state index contributed by atoms with van der Waals surface area (Å²) in [5.74, 6) is 3.09. The van der Waals surface area contributed by atoms with E-state index in [1.165, 1.54) is 101 Å². The molecule has 0 amide bonds. The lowest BCUT2D eigenvalue weighted by Crippen LogP contribution is -2.23. The van der Waals surface area contributed by atoms with Gasteiger partial charge in [-0.15, -0.1) is 0 Å². The minimum absolute atomic E-state index is 0.995. The van der Waals surface area contributed by atoms with Gasteiger partial charge in [0.1, 0.15) is 0 Å². The predicted molar refractivity (Wildman–Crippen MR) is 119 cm³/mol. The zero-order valence-electron chi connectivity index (χ0n) is 18.0. The second-order valence-electron chi connectivity index (χ2n) is 9.51. The van der Waals surface area contributed by atoms with Crippen molar-refractivity contribution >= 4 is 0 Å². The molecule has 1 fully saturated rings. The van der Waals surface area contributed by atoms with Crippen LogP contribution in [-0.4, -0.2) is 0 Å². The standard InChI is InChI=1S/C27H42/c1-3-4-5-6-7-23-14-18-26(19-15-23)27-20-16-25(17-21-27)13-12-24-10-8-22(2)9-11-24/h8-11,16,23,26-27H,3-7,12-15,17-21H2,1-2H3. The van der Waals surface area contributed by atoms with Crippen LogP contribution in [0, 0.1) is 24.7 Å². The lowest BCUT2D eigenvalue weighted by atomic mass is 9.70. The lowest BCUT2D eigenvalue weighted by Gasteiger charge is -2.35. The van der Waals surface area contributed by atoms with Gasteiger partial charge in [0.15, 0.2) is 0 Å². The number of hydrogen-bond donors (Lipinski definition) is 0. The highest BCUT2D eigenvalue weighted by molar-refractivity contribution is 5.22. The molecule has 2 aliphatic rings. The first-order chi connectivity index (χ1) is 13.2. The number of unbranched alkanes of at least 4 members (excludes halogenated alkanes) is 3. The van der Waals surface area contributed by atoms with Crippen molar-refractivity contribution in [3.63, 3.8) is 0 Å². The molecule has 1 unspecified atom stereocenters. The van der Waals surface area contributed by atoms with Gasteiger partial charge in [-0.05, 0) is 75.2 Å². The van der Waals surface area contributed by atoms with E-state index >= 15 is 0 Å². The fraction of sp³-hybridized carbons (Fsp3) is 0.704. The molecule has 1 aromatic carbocycles. The van der Waals surface area contributed by atoms with Gasteiger partial charge in [-0.1, -0.05) is 93.3 Å². The maximum absolute atomic E-state index is 2.62. The molecule has 2 aliphatic carbocycles. The van der Waals surface area contributed by atoms with E-state index in [1.807, 2.05) is 0 Å². The summed E-state index contributed by atoms with van der Waals surface area (Å²) in [6, 6.07) is 9.12. The van der Waals surface area contributed by atoms with Gasteiger partial charge in [0, 0.05) is 0 Å². The highest BCUT2D eigenvalue weighted by Gasteiger charge is 2.28. The molecular weight excluding hydrogens is 324 g/mol. The predicted octanol–water partition coefficient (Wildman–Crippen LogP) is 8.43. The van der Waals surface area contributed by atoms with Crippen molar-refractivity contribution in [2.24, 2.45) is 17.8 Å². The second kappa shape index (κ2) is 11.1. The van der Waals surface area contributed by atoms with Crippen molar-refractivity contribution < 1.29 is 0 Å². The van der Waals surface area contributed by atoms with Crippen LogP contribution >= 0.6 is 0 Å². The maximum Gasteiger partial charge on any atom is -0.0241 e.